The van der Waals surface area contributed by atoms with Crippen molar-refractivity contribution in [3.63, 3.8) is 0 Å². The Morgan fingerprint density at radius 2 is 2.40 bits per heavy atom. The van der Waals surface area contributed by atoms with Gasteiger partial charge in [-0.1, -0.05) is 11.8 Å². The number of thioether (sulfide) groups is 1. The second kappa shape index (κ2) is 7.37. The Morgan fingerprint density at radius 1 is 1.65 bits per heavy atom. The summed E-state index contributed by atoms with van der Waals surface area (Å²) in [6.45, 7) is 3.50. The molecule has 1 aliphatic heterocycles. The van der Waals surface area contributed by atoms with Crippen LogP contribution in [-0.4, -0.2) is 67.7 Å². The van der Waals surface area contributed by atoms with Gasteiger partial charge >= 0.3 is 0 Å². The summed E-state index contributed by atoms with van der Waals surface area (Å²) in [6, 6.07) is 0. The second-order valence-corrected chi connectivity index (χ2v) is 6.35. The first-order chi connectivity index (χ1) is 9.70. The van der Waals surface area contributed by atoms with Crippen LogP contribution in [0, 0.1) is 0 Å². The molecule has 0 aliphatic carbocycles. The van der Waals surface area contributed by atoms with Crippen molar-refractivity contribution in [2.45, 2.75) is 9.96 Å². The summed E-state index contributed by atoms with van der Waals surface area (Å²) in [5.41, 5.74) is 1.75. The number of amides is 1. The van der Waals surface area contributed by atoms with E-state index >= 15 is 0 Å². The number of nitrogens with one attached hydrogen (secondary N) is 1. The lowest BCUT2D eigenvalue weighted by atomic mass is 10.2. The van der Waals surface area contributed by atoms with Crippen LogP contribution in [0.2, 0.25) is 0 Å². The van der Waals surface area contributed by atoms with E-state index in [4.69, 9.17) is 9.47 Å². The number of thiazole rings is 1. The summed E-state index contributed by atoms with van der Waals surface area (Å²) in [5, 5.41) is 5.41. The van der Waals surface area contributed by atoms with Gasteiger partial charge in [0.1, 0.15) is 5.03 Å². The van der Waals surface area contributed by atoms with Gasteiger partial charge in [-0.3, -0.25) is 9.69 Å². The zero-order valence-corrected chi connectivity index (χ0v) is 13.3. The Morgan fingerprint density at radius 3 is 2.95 bits per heavy atom. The van der Waals surface area contributed by atoms with Gasteiger partial charge in [-0.05, 0) is 0 Å². The second-order valence-electron chi connectivity index (χ2n) is 4.35. The highest BCUT2D eigenvalue weighted by Crippen LogP contribution is 2.34. The number of aromatic nitrogens is 1. The molecule has 0 spiro atoms. The van der Waals surface area contributed by atoms with E-state index in [0.717, 1.165) is 18.1 Å². The molecule has 1 aromatic rings. The van der Waals surface area contributed by atoms with Crippen molar-refractivity contribution in [2.75, 3.05) is 47.0 Å². The van der Waals surface area contributed by atoms with Crippen LogP contribution >= 0.6 is 23.1 Å². The molecule has 1 aromatic heterocycles. The van der Waals surface area contributed by atoms with Gasteiger partial charge in [-0.25, -0.2) is 4.98 Å². The maximum absolute atomic E-state index is 12.3. The van der Waals surface area contributed by atoms with Gasteiger partial charge in [0.05, 0.1) is 18.7 Å². The van der Waals surface area contributed by atoms with E-state index in [9.17, 15) is 4.79 Å². The van der Waals surface area contributed by atoms with E-state index in [1.165, 1.54) is 23.1 Å². The zero-order chi connectivity index (χ0) is 14.4. The third-order valence-corrected chi connectivity index (χ3v) is 5.10. The number of morpholine rings is 1. The standard InChI is InChI=1S/C12H19N3O3S2/c1-13-11(16)12(17-2,20-10-7-19-9-14-10)8-15-3-5-18-6-4-15/h7,9H,3-6,8H2,1-2H3,(H,13,16). The zero-order valence-electron chi connectivity index (χ0n) is 11.6. The minimum atomic E-state index is -0.986. The van der Waals surface area contributed by atoms with Crippen LogP contribution in [-0.2, 0) is 14.3 Å². The molecule has 1 saturated heterocycles. The summed E-state index contributed by atoms with van der Waals surface area (Å²) in [7, 11) is 3.19. The third-order valence-electron chi connectivity index (χ3n) is 3.12. The summed E-state index contributed by atoms with van der Waals surface area (Å²) in [4.78, 5) is 17.8. The average molecular weight is 317 g/mol. The van der Waals surface area contributed by atoms with E-state index in [1.807, 2.05) is 5.38 Å². The van der Waals surface area contributed by atoms with Crippen LogP contribution in [0.5, 0.6) is 0 Å². The Hall–Kier alpha value is -0.670. The van der Waals surface area contributed by atoms with E-state index < -0.39 is 4.93 Å². The molecule has 1 atom stereocenters. The molecule has 6 nitrogen and oxygen atoms in total. The summed E-state index contributed by atoms with van der Waals surface area (Å²) in [5.74, 6) is -0.149. The van der Waals surface area contributed by atoms with Crippen LogP contribution < -0.4 is 5.32 Å². The van der Waals surface area contributed by atoms with Crippen LogP contribution in [0.1, 0.15) is 0 Å². The Kier molecular flexibility index (Phi) is 5.79. The molecule has 0 aromatic carbocycles. The number of rotatable bonds is 6. The van der Waals surface area contributed by atoms with Gasteiger partial charge in [-0.2, -0.15) is 0 Å². The lowest BCUT2D eigenvalue weighted by Gasteiger charge is -2.36. The average Bonchev–Trinajstić information content (AvgIpc) is 2.99. The number of hydrogen-bond acceptors (Lipinski definition) is 7. The fourth-order valence-corrected chi connectivity index (χ4v) is 3.82. The molecule has 8 heteroatoms. The quantitative estimate of drug-likeness (QED) is 0.614. The van der Waals surface area contributed by atoms with Crippen LogP contribution in [0.4, 0.5) is 0 Å². The summed E-state index contributed by atoms with van der Waals surface area (Å²) < 4.78 is 10.9. The Balaban J connectivity index is 2.14. The van der Waals surface area contributed by atoms with Gasteiger partial charge < -0.3 is 14.8 Å². The minimum absolute atomic E-state index is 0.149. The van der Waals surface area contributed by atoms with Gasteiger partial charge in [0, 0.05) is 39.2 Å². The van der Waals surface area contributed by atoms with Gasteiger partial charge in [-0.15, -0.1) is 11.3 Å². The van der Waals surface area contributed by atoms with Gasteiger partial charge in [0.2, 0.25) is 4.93 Å². The first kappa shape index (κ1) is 15.7. The lowest BCUT2D eigenvalue weighted by molar-refractivity contribution is -0.135. The first-order valence-corrected chi connectivity index (χ1v) is 8.11. The molecule has 1 N–H and O–H groups in total. The minimum Gasteiger partial charge on any atom is -0.379 e. The smallest absolute Gasteiger partial charge is 0.264 e. The van der Waals surface area contributed by atoms with Crippen molar-refractivity contribution in [1.82, 2.24) is 15.2 Å². The number of hydrogen-bond donors (Lipinski definition) is 1. The molecule has 1 aliphatic rings. The van der Waals surface area contributed by atoms with Gasteiger partial charge in [0.25, 0.3) is 5.91 Å². The van der Waals surface area contributed by atoms with Crippen molar-refractivity contribution >= 4 is 29.0 Å². The number of carbonyl (C=O) groups excluding carboxylic acids is 1. The molecule has 112 valence electrons. The molecular formula is C12H19N3O3S2. The maximum atomic E-state index is 12.3. The Labute approximate surface area is 126 Å². The van der Waals surface area contributed by atoms with E-state index in [-0.39, 0.29) is 5.91 Å². The number of methoxy groups -OCH3 is 1. The van der Waals surface area contributed by atoms with Crippen molar-refractivity contribution in [3.05, 3.63) is 10.9 Å². The number of carbonyl (C=O) groups is 1. The SMILES string of the molecule is CNC(=O)C(CN1CCOCC1)(OC)Sc1cscn1. The fourth-order valence-electron chi connectivity index (χ4n) is 2.01. The van der Waals surface area contributed by atoms with Crippen molar-refractivity contribution in [3.8, 4) is 0 Å². The molecule has 1 unspecified atom stereocenters. The van der Waals surface area contributed by atoms with Crippen LogP contribution in [0.3, 0.4) is 0 Å². The molecule has 2 rings (SSSR count). The fraction of sp³-hybridized carbons (Fsp3) is 0.667. The van der Waals surface area contributed by atoms with Crippen molar-refractivity contribution < 1.29 is 14.3 Å². The number of likely N-dealkylation sites (N-methyl/N-ethyl adjacent to an activating group) is 1. The van der Waals surface area contributed by atoms with Crippen LogP contribution in [0.15, 0.2) is 15.9 Å². The highest BCUT2D eigenvalue weighted by Gasteiger charge is 2.42. The maximum Gasteiger partial charge on any atom is 0.264 e. The summed E-state index contributed by atoms with van der Waals surface area (Å²) >= 11 is 2.86. The van der Waals surface area contributed by atoms with E-state index in [0.29, 0.717) is 19.8 Å². The molecule has 2 heterocycles. The third kappa shape index (κ3) is 3.70. The van der Waals surface area contributed by atoms with Crippen LogP contribution in [0.25, 0.3) is 0 Å². The monoisotopic (exact) mass is 317 g/mol. The number of nitrogens with zero attached hydrogens (tertiary/aromatic N) is 2. The summed E-state index contributed by atoms with van der Waals surface area (Å²) in [6.07, 6.45) is 0. The first-order valence-electron chi connectivity index (χ1n) is 6.35. The normalized spacial score (nSPS) is 19.5. The largest absolute Gasteiger partial charge is 0.379 e. The molecule has 20 heavy (non-hydrogen) atoms. The van der Waals surface area contributed by atoms with E-state index in [2.05, 4.69) is 15.2 Å². The molecule has 1 fully saturated rings. The molecule has 1 amide bonds. The predicted octanol–water partition coefficient (Wildman–Crippen LogP) is 0.656. The van der Waals surface area contributed by atoms with E-state index in [1.54, 1.807) is 19.7 Å². The van der Waals surface area contributed by atoms with Crippen molar-refractivity contribution in [2.24, 2.45) is 0 Å². The highest BCUT2D eigenvalue weighted by molar-refractivity contribution is 8.01. The Bertz CT molecular complexity index is 424. The topological polar surface area (TPSA) is 63.7 Å². The highest BCUT2D eigenvalue weighted by atomic mass is 32.2. The van der Waals surface area contributed by atoms with Crippen molar-refractivity contribution in [1.29, 1.82) is 0 Å². The lowest BCUT2D eigenvalue weighted by Crippen LogP contribution is -2.54. The molecule has 0 bridgehead atoms. The molecule has 0 saturated carbocycles. The predicted molar refractivity (Wildman–Crippen MR) is 79.0 cm³/mol. The molecular weight excluding hydrogens is 298 g/mol. The van der Waals surface area contributed by atoms with Gasteiger partial charge in [0.15, 0.2) is 0 Å². The number of ether oxygens (including phenoxy) is 2. The molecule has 0 radical (unpaired) electrons.